The van der Waals surface area contributed by atoms with E-state index < -0.39 is 11.1 Å². The molecule has 0 saturated heterocycles. The van der Waals surface area contributed by atoms with Gasteiger partial charge in [0, 0.05) is 0 Å². The zero-order chi connectivity index (χ0) is 10.7. The number of rotatable bonds is 2. The van der Waals surface area contributed by atoms with E-state index in [-0.39, 0.29) is 0 Å². The first-order valence-electron chi connectivity index (χ1n) is 4.51. The molecule has 1 unspecified atom stereocenters. The van der Waals surface area contributed by atoms with Crippen molar-refractivity contribution in [2.24, 2.45) is 0 Å². The van der Waals surface area contributed by atoms with E-state index in [1.54, 1.807) is 6.08 Å². The van der Waals surface area contributed by atoms with Crippen LogP contribution in [0.5, 0.6) is 0 Å². The molecule has 0 aliphatic heterocycles. The summed E-state index contributed by atoms with van der Waals surface area (Å²) < 4.78 is 20.8. The van der Waals surface area contributed by atoms with Gasteiger partial charge in [-0.1, -0.05) is 42.5 Å². The van der Waals surface area contributed by atoms with Gasteiger partial charge in [0.15, 0.2) is 0 Å². The van der Waals surface area contributed by atoms with Gasteiger partial charge < -0.3 is 4.55 Å². The molecule has 0 aromatic heterocycles. The van der Waals surface area contributed by atoms with E-state index in [1.165, 1.54) is 0 Å². The van der Waals surface area contributed by atoms with Crippen LogP contribution in [0.4, 0.5) is 0 Å². The Morgan fingerprint density at radius 2 is 1.80 bits per heavy atom. The molecule has 2 aromatic carbocycles. The molecule has 76 valence electrons. The molecule has 3 heteroatoms. The molecule has 0 saturated carbocycles. The Morgan fingerprint density at radius 1 is 1.07 bits per heavy atom. The molecule has 0 N–H and O–H groups in total. The van der Waals surface area contributed by atoms with Gasteiger partial charge in [-0.15, -0.1) is 0 Å². The van der Waals surface area contributed by atoms with Crippen LogP contribution in [-0.4, -0.2) is 8.76 Å². The molecule has 0 fully saturated rings. The molecule has 0 aliphatic rings. The third-order valence-corrected chi connectivity index (χ3v) is 2.54. The van der Waals surface area contributed by atoms with Crippen molar-refractivity contribution in [1.82, 2.24) is 0 Å². The minimum Gasteiger partial charge on any atom is -0.769 e. The fraction of sp³-hybridized carbons (Fsp3) is 0. The first-order valence-corrected chi connectivity index (χ1v) is 5.65. The maximum absolute atomic E-state index is 10.4. The zero-order valence-corrected chi connectivity index (χ0v) is 8.74. The van der Waals surface area contributed by atoms with Crippen LogP contribution in [0.3, 0.4) is 0 Å². The van der Waals surface area contributed by atoms with Gasteiger partial charge in [-0.25, -0.2) is 0 Å². The van der Waals surface area contributed by atoms with Crippen molar-refractivity contribution in [1.29, 1.82) is 0 Å². The number of benzene rings is 2. The molecule has 1 atom stereocenters. The van der Waals surface area contributed by atoms with Crippen molar-refractivity contribution in [3.8, 4) is 0 Å². The minimum absolute atomic E-state index is 0.914. The Labute approximate surface area is 90.5 Å². The van der Waals surface area contributed by atoms with Crippen molar-refractivity contribution in [3.05, 3.63) is 53.4 Å². The van der Waals surface area contributed by atoms with Crippen LogP contribution in [0, 0.1) is 0 Å². The normalized spacial score (nSPS) is 13.4. The Bertz CT molecular complexity index is 527. The molecule has 0 radical (unpaired) electrons. The van der Waals surface area contributed by atoms with Gasteiger partial charge in [-0.05, 0) is 38.9 Å². The molecule has 0 heterocycles. The fourth-order valence-corrected chi connectivity index (χ4v) is 1.78. The molecule has 2 rings (SSSR count). The van der Waals surface area contributed by atoms with E-state index in [0.29, 0.717) is 0 Å². The summed E-state index contributed by atoms with van der Waals surface area (Å²) in [5.74, 6) is 0. The molecule has 2 aromatic rings. The van der Waals surface area contributed by atoms with Crippen LogP contribution in [0.1, 0.15) is 5.56 Å². The first kappa shape index (κ1) is 10.1. The highest BCUT2D eigenvalue weighted by atomic mass is 32.2. The molecular formula is C12H9O2S-. The average molecular weight is 217 g/mol. The number of hydrogen-bond acceptors (Lipinski definition) is 2. The molecule has 0 amide bonds. The van der Waals surface area contributed by atoms with Crippen molar-refractivity contribution in [2.75, 3.05) is 0 Å². The van der Waals surface area contributed by atoms with E-state index in [0.717, 1.165) is 21.7 Å². The van der Waals surface area contributed by atoms with Crippen molar-refractivity contribution in [3.63, 3.8) is 0 Å². The molecular weight excluding hydrogens is 208 g/mol. The summed E-state index contributed by atoms with van der Waals surface area (Å²) in [6, 6.07) is 13.7. The second-order valence-electron chi connectivity index (χ2n) is 3.13. The smallest absolute Gasteiger partial charge is 0.0109 e. The fourth-order valence-electron chi connectivity index (χ4n) is 1.52. The van der Waals surface area contributed by atoms with Gasteiger partial charge in [0.2, 0.25) is 0 Å². The van der Waals surface area contributed by atoms with Gasteiger partial charge in [0.05, 0.1) is 0 Å². The first-order chi connectivity index (χ1) is 7.27. The second kappa shape index (κ2) is 4.38. The predicted octanol–water partition coefficient (Wildman–Crippen LogP) is 2.69. The monoisotopic (exact) mass is 217 g/mol. The van der Waals surface area contributed by atoms with E-state index >= 15 is 0 Å². The zero-order valence-electron chi connectivity index (χ0n) is 7.92. The highest BCUT2D eigenvalue weighted by molar-refractivity contribution is 7.82. The summed E-state index contributed by atoms with van der Waals surface area (Å²) in [6.07, 6.45) is 1.60. The Balaban J connectivity index is 2.56. The lowest BCUT2D eigenvalue weighted by atomic mass is 10.1. The van der Waals surface area contributed by atoms with Crippen LogP contribution in [0.25, 0.3) is 16.8 Å². The van der Waals surface area contributed by atoms with Gasteiger partial charge in [0.1, 0.15) is 0 Å². The van der Waals surface area contributed by atoms with Crippen LogP contribution >= 0.6 is 0 Å². The van der Waals surface area contributed by atoms with Crippen LogP contribution in [-0.2, 0) is 11.1 Å². The molecule has 15 heavy (non-hydrogen) atoms. The maximum atomic E-state index is 10.4. The van der Waals surface area contributed by atoms with Crippen LogP contribution in [0.15, 0.2) is 47.9 Å². The summed E-state index contributed by atoms with van der Waals surface area (Å²) in [4.78, 5) is 0. The van der Waals surface area contributed by atoms with Gasteiger partial charge in [0.25, 0.3) is 0 Å². The number of fused-ring (bicyclic) bond motifs is 1. The lowest BCUT2D eigenvalue weighted by Crippen LogP contribution is -1.80. The van der Waals surface area contributed by atoms with E-state index in [4.69, 9.17) is 0 Å². The van der Waals surface area contributed by atoms with Gasteiger partial charge in [-0.3, -0.25) is 4.21 Å². The lowest BCUT2D eigenvalue weighted by Gasteiger charge is -2.02. The molecule has 2 nitrogen and oxygen atoms in total. The molecule has 0 aliphatic carbocycles. The Hall–Kier alpha value is -1.45. The van der Waals surface area contributed by atoms with E-state index in [2.05, 4.69) is 0 Å². The largest absolute Gasteiger partial charge is 0.769 e. The lowest BCUT2D eigenvalue weighted by molar-refractivity contribution is 0.546. The van der Waals surface area contributed by atoms with Gasteiger partial charge in [-0.2, -0.15) is 0 Å². The summed E-state index contributed by atoms with van der Waals surface area (Å²) in [6.45, 7) is 0. The summed E-state index contributed by atoms with van der Waals surface area (Å²) >= 11 is -2.14. The van der Waals surface area contributed by atoms with Crippen LogP contribution < -0.4 is 0 Å². The molecule has 0 bridgehead atoms. The topological polar surface area (TPSA) is 40.1 Å². The quantitative estimate of drug-likeness (QED) is 0.725. The molecule has 0 spiro atoms. The minimum atomic E-state index is -2.14. The Kier molecular flexibility index (Phi) is 2.94. The Morgan fingerprint density at radius 3 is 2.60 bits per heavy atom. The van der Waals surface area contributed by atoms with Crippen molar-refractivity contribution >= 4 is 27.9 Å². The maximum Gasteiger partial charge on any atom is -0.0109 e. The average Bonchev–Trinajstić information content (AvgIpc) is 2.26. The standard InChI is InChI=1S/C12H10O2S/c13-15(14)9-8-11-6-3-5-10-4-1-2-7-12(10)11/h1-9H,(H,13,14)/p-1. The van der Waals surface area contributed by atoms with Crippen molar-refractivity contribution < 1.29 is 8.76 Å². The predicted molar refractivity (Wildman–Crippen MR) is 61.9 cm³/mol. The second-order valence-corrected chi connectivity index (χ2v) is 3.92. The summed E-state index contributed by atoms with van der Waals surface area (Å²) in [5.41, 5.74) is 0.914. The van der Waals surface area contributed by atoms with E-state index in [1.807, 2.05) is 42.5 Å². The summed E-state index contributed by atoms with van der Waals surface area (Å²) in [5, 5.41) is 3.32. The van der Waals surface area contributed by atoms with Gasteiger partial charge >= 0.3 is 0 Å². The van der Waals surface area contributed by atoms with Crippen LogP contribution in [0.2, 0.25) is 0 Å². The third-order valence-electron chi connectivity index (χ3n) is 2.18. The highest BCUT2D eigenvalue weighted by Gasteiger charge is 1.95. The third kappa shape index (κ3) is 2.32. The number of hydrogen-bond donors (Lipinski definition) is 0. The summed E-state index contributed by atoms with van der Waals surface area (Å²) in [7, 11) is 0. The van der Waals surface area contributed by atoms with Crippen molar-refractivity contribution in [2.45, 2.75) is 0 Å². The SMILES string of the molecule is O=S([O-])C=Cc1cccc2ccccc12. The highest BCUT2D eigenvalue weighted by Crippen LogP contribution is 2.19. The van der Waals surface area contributed by atoms with E-state index in [9.17, 15) is 8.76 Å².